The molecule has 1 saturated heterocycles. The lowest BCUT2D eigenvalue weighted by atomic mass is 9.93. The molecule has 2 rings (SSSR count). The topological polar surface area (TPSA) is 34.2 Å². The van der Waals surface area contributed by atoms with Crippen molar-refractivity contribution >= 4 is 11.3 Å². The van der Waals surface area contributed by atoms with Crippen LogP contribution in [0.4, 0.5) is 0 Å². The highest BCUT2D eigenvalue weighted by Gasteiger charge is 2.26. The minimum atomic E-state index is 0.228. The van der Waals surface area contributed by atoms with Crippen molar-refractivity contribution in [3.8, 4) is 0 Å². The van der Waals surface area contributed by atoms with Crippen LogP contribution in [0.1, 0.15) is 35.3 Å². The number of rotatable bonds is 3. The van der Waals surface area contributed by atoms with Crippen molar-refractivity contribution in [1.82, 2.24) is 10.3 Å². The summed E-state index contributed by atoms with van der Waals surface area (Å²) >= 11 is 1.80. The standard InChI is InChI=1S/C12H20N2OS/c1-9-10(2)16-11(14-9)8-13-12(3)4-6-15-7-5-12/h13H,4-8H2,1-3H3. The number of aromatic nitrogens is 1. The molecule has 2 heterocycles. The van der Waals surface area contributed by atoms with Crippen molar-refractivity contribution in [3.05, 3.63) is 15.6 Å². The molecule has 1 aliphatic rings. The van der Waals surface area contributed by atoms with Gasteiger partial charge in [0, 0.05) is 30.2 Å². The number of aryl methyl sites for hydroxylation is 2. The highest BCUT2D eigenvalue weighted by atomic mass is 32.1. The fourth-order valence-corrected chi connectivity index (χ4v) is 2.78. The molecule has 1 aliphatic heterocycles. The summed E-state index contributed by atoms with van der Waals surface area (Å²) < 4.78 is 5.39. The van der Waals surface area contributed by atoms with E-state index in [4.69, 9.17) is 4.74 Å². The van der Waals surface area contributed by atoms with Gasteiger partial charge in [-0.05, 0) is 33.6 Å². The number of thiazole rings is 1. The fourth-order valence-electron chi connectivity index (χ4n) is 1.90. The van der Waals surface area contributed by atoms with E-state index >= 15 is 0 Å². The summed E-state index contributed by atoms with van der Waals surface area (Å²) in [7, 11) is 0. The first-order valence-electron chi connectivity index (χ1n) is 5.85. The summed E-state index contributed by atoms with van der Waals surface area (Å²) in [5.41, 5.74) is 1.39. The molecule has 0 radical (unpaired) electrons. The maximum atomic E-state index is 5.39. The largest absolute Gasteiger partial charge is 0.381 e. The molecule has 16 heavy (non-hydrogen) atoms. The Morgan fingerprint density at radius 2 is 2.06 bits per heavy atom. The minimum Gasteiger partial charge on any atom is -0.381 e. The van der Waals surface area contributed by atoms with Gasteiger partial charge in [0.2, 0.25) is 0 Å². The van der Waals surface area contributed by atoms with Crippen molar-refractivity contribution in [2.24, 2.45) is 0 Å². The lowest BCUT2D eigenvalue weighted by Gasteiger charge is -2.34. The van der Waals surface area contributed by atoms with Crippen molar-refractivity contribution in [3.63, 3.8) is 0 Å². The summed E-state index contributed by atoms with van der Waals surface area (Å²) in [6.07, 6.45) is 2.19. The van der Waals surface area contributed by atoms with Crippen LogP contribution in [-0.4, -0.2) is 23.7 Å². The average Bonchev–Trinajstić information content (AvgIpc) is 2.57. The van der Waals surface area contributed by atoms with E-state index in [0.717, 1.165) is 32.6 Å². The van der Waals surface area contributed by atoms with Crippen molar-refractivity contribution in [1.29, 1.82) is 0 Å². The molecule has 0 unspecified atom stereocenters. The molecule has 1 N–H and O–H groups in total. The van der Waals surface area contributed by atoms with Crippen molar-refractivity contribution in [2.75, 3.05) is 13.2 Å². The van der Waals surface area contributed by atoms with Gasteiger partial charge in [0.15, 0.2) is 0 Å². The molecule has 4 heteroatoms. The molecule has 1 fully saturated rings. The van der Waals surface area contributed by atoms with Gasteiger partial charge in [-0.1, -0.05) is 0 Å². The fraction of sp³-hybridized carbons (Fsp3) is 0.750. The molecule has 0 amide bonds. The predicted molar refractivity (Wildman–Crippen MR) is 66.9 cm³/mol. The van der Waals surface area contributed by atoms with Crippen LogP contribution in [0.15, 0.2) is 0 Å². The van der Waals surface area contributed by atoms with Crippen LogP contribution in [0.2, 0.25) is 0 Å². The van der Waals surface area contributed by atoms with Gasteiger partial charge in [-0.2, -0.15) is 0 Å². The molecular formula is C12H20N2OS. The van der Waals surface area contributed by atoms with E-state index in [1.165, 1.54) is 15.6 Å². The highest BCUT2D eigenvalue weighted by Crippen LogP contribution is 2.22. The normalized spacial score (nSPS) is 19.9. The summed E-state index contributed by atoms with van der Waals surface area (Å²) in [4.78, 5) is 5.88. The zero-order valence-corrected chi connectivity index (χ0v) is 11.1. The number of hydrogen-bond acceptors (Lipinski definition) is 4. The maximum Gasteiger partial charge on any atom is 0.107 e. The van der Waals surface area contributed by atoms with Gasteiger partial charge in [-0.3, -0.25) is 0 Å². The van der Waals surface area contributed by atoms with Gasteiger partial charge in [0.1, 0.15) is 5.01 Å². The zero-order valence-electron chi connectivity index (χ0n) is 10.3. The van der Waals surface area contributed by atoms with E-state index in [-0.39, 0.29) is 5.54 Å². The zero-order chi connectivity index (χ0) is 11.6. The quantitative estimate of drug-likeness (QED) is 0.881. The van der Waals surface area contributed by atoms with Gasteiger partial charge in [-0.15, -0.1) is 11.3 Å². The molecular weight excluding hydrogens is 220 g/mol. The van der Waals surface area contributed by atoms with Crippen LogP contribution in [-0.2, 0) is 11.3 Å². The Morgan fingerprint density at radius 3 is 2.62 bits per heavy atom. The Labute approximate surface area is 101 Å². The van der Waals surface area contributed by atoms with Crippen LogP contribution in [0, 0.1) is 13.8 Å². The first-order valence-corrected chi connectivity index (χ1v) is 6.66. The lowest BCUT2D eigenvalue weighted by Crippen LogP contribution is -2.46. The van der Waals surface area contributed by atoms with Crippen LogP contribution in [0.5, 0.6) is 0 Å². The molecule has 0 aromatic carbocycles. The minimum absolute atomic E-state index is 0.228. The molecule has 1 aromatic rings. The number of hydrogen-bond donors (Lipinski definition) is 1. The first-order chi connectivity index (χ1) is 7.59. The first kappa shape index (κ1) is 12.0. The molecule has 0 spiro atoms. The van der Waals surface area contributed by atoms with Crippen LogP contribution in [0.25, 0.3) is 0 Å². The monoisotopic (exact) mass is 240 g/mol. The smallest absolute Gasteiger partial charge is 0.107 e. The molecule has 3 nitrogen and oxygen atoms in total. The Morgan fingerprint density at radius 1 is 1.38 bits per heavy atom. The van der Waals surface area contributed by atoms with E-state index in [0.29, 0.717) is 0 Å². The van der Waals surface area contributed by atoms with Gasteiger partial charge < -0.3 is 10.1 Å². The van der Waals surface area contributed by atoms with E-state index < -0.39 is 0 Å². The van der Waals surface area contributed by atoms with E-state index in [2.05, 4.69) is 31.1 Å². The van der Waals surface area contributed by atoms with Crippen LogP contribution >= 0.6 is 11.3 Å². The Bertz CT molecular complexity index is 336. The molecule has 90 valence electrons. The molecule has 0 aliphatic carbocycles. The van der Waals surface area contributed by atoms with E-state index in [1.807, 2.05) is 0 Å². The van der Waals surface area contributed by atoms with Gasteiger partial charge in [-0.25, -0.2) is 4.98 Å². The van der Waals surface area contributed by atoms with E-state index in [9.17, 15) is 0 Å². The number of nitrogens with zero attached hydrogens (tertiary/aromatic N) is 1. The third-order valence-electron chi connectivity index (χ3n) is 3.34. The molecule has 0 bridgehead atoms. The SMILES string of the molecule is Cc1nc(CNC2(C)CCOCC2)sc1C. The number of ether oxygens (including phenoxy) is 1. The van der Waals surface area contributed by atoms with Crippen LogP contribution in [0.3, 0.4) is 0 Å². The second kappa shape index (κ2) is 4.82. The summed E-state index contributed by atoms with van der Waals surface area (Å²) in [6, 6.07) is 0. The Balaban J connectivity index is 1.91. The second-order valence-electron chi connectivity index (χ2n) is 4.78. The summed E-state index contributed by atoms with van der Waals surface area (Å²) in [6.45, 7) is 9.12. The third kappa shape index (κ3) is 2.81. The predicted octanol–water partition coefficient (Wildman–Crippen LogP) is 2.42. The second-order valence-corrected chi connectivity index (χ2v) is 6.06. The third-order valence-corrected chi connectivity index (χ3v) is 4.41. The lowest BCUT2D eigenvalue weighted by molar-refractivity contribution is 0.0446. The van der Waals surface area contributed by atoms with Gasteiger partial charge in [0.25, 0.3) is 0 Å². The number of nitrogens with one attached hydrogen (secondary N) is 1. The highest BCUT2D eigenvalue weighted by molar-refractivity contribution is 7.11. The van der Waals surface area contributed by atoms with Crippen molar-refractivity contribution < 1.29 is 4.74 Å². The Hall–Kier alpha value is -0.450. The van der Waals surface area contributed by atoms with Crippen molar-refractivity contribution in [2.45, 2.75) is 45.7 Å². The average molecular weight is 240 g/mol. The molecule has 1 aromatic heterocycles. The molecule has 0 saturated carbocycles. The Kier molecular flexibility index (Phi) is 3.62. The summed E-state index contributed by atoms with van der Waals surface area (Å²) in [5, 5.41) is 4.82. The van der Waals surface area contributed by atoms with E-state index in [1.54, 1.807) is 11.3 Å². The van der Waals surface area contributed by atoms with Gasteiger partial charge in [0.05, 0.1) is 5.69 Å². The van der Waals surface area contributed by atoms with Crippen LogP contribution < -0.4 is 5.32 Å². The summed E-state index contributed by atoms with van der Waals surface area (Å²) in [5.74, 6) is 0. The van der Waals surface area contributed by atoms with Gasteiger partial charge >= 0.3 is 0 Å². The maximum absolute atomic E-state index is 5.39. The molecule has 0 atom stereocenters.